The van der Waals surface area contributed by atoms with Crippen LogP contribution in [0, 0.1) is 0 Å². The standard InChI is InChI=1S/C18H24N2O2/c1-4-19(5-2)12-16-11-17(21)18(22)13-20(16)14(3)15-9-7-6-8-10-15/h6-11,13-14,22H,4-5,12H2,1-3H3. The van der Waals surface area contributed by atoms with Crippen molar-refractivity contribution in [2.75, 3.05) is 13.1 Å². The van der Waals surface area contributed by atoms with Crippen LogP contribution in [0.5, 0.6) is 5.75 Å². The molecule has 0 saturated carbocycles. The Morgan fingerprint density at radius 2 is 1.82 bits per heavy atom. The van der Waals surface area contributed by atoms with Crippen LogP contribution in [0.15, 0.2) is 47.4 Å². The normalized spacial score (nSPS) is 12.5. The van der Waals surface area contributed by atoms with E-state index >= 15 is 0 Å². The van der Waals surface area contributed by atoms with Gasteiger partial charge in [-0.3, -0.25) is 9.69 Å². The second kappa shape index (κ2) is 7.27. The molecule has 1 heterocycles. The van der Waals surface area contributed by atoms with Gasteiger partial charge < -0.3 is 9.67 Å². The van der Waals surface area contributed by atoms with E-state index in [9.17, 15) is 9.90 Å². The van der Waals surface area contributed by atoms with Crippen molar-refractivity contribution in [3.63, 3.8) is 0 Å². The minimum Gasteiger partial charge on any atom is -0.503 e. The molecule has 1 N–H and O–H groups in total. The third-order valence-corrected chi connectivity index (χ3v) is 4.12. The number of aromatic hydroxyl groups is 1. The Balaban J connectivity index is 2.44. The average Bonchev–Trinajstić information content (AvgIpc) is 2.55. The second-order valence-electron chi connectivity index (χ2n) is 5.47. The van der Waals surface area contributed by atoms with Gasteiger partial charge in [-0.1, -0.05) is 44.2 Å². The molecule has 0 aliphatic carbocycles. The first kappa shape index (κ1) is 16.3. The quantitative estimate of drug-likeness (QED) is 0.892. The number of hydrogen-bond donors (Lipinski definition) is 1. The largest absolute Gasteiger partial charge is 0.503 e. The molecule has 0 radical (unpaired) electrons. The van der Waals surface area contributed by atoms with Crippen molar-refractivity contribution in [3.8, 4) is 5.75 Å². The van der Waals surface area contributed by atoms with Crippen LogP contribution >= 0.6 is 0 Å². The smallest absolute Gasteiger partial charge is 0.223 e. The van der Waals surface area contributed by atoms with Gasteiger partial charge in [0.1, 0.15) is 0 Å². The van der Waals surface area contributed by atoms with Crippen molar-refractivity contribution in [1.82, 2.24) is 9.47 Å². The highest BCUT2D eigenvalue weighted by Gasteiger charge is 2.14. The number of aromatic nitrogens is 1. The summed E-state index contributed by atoms with van der Waals surface area (Å²) in [5.74, 6) is -0.203. The van der Waals surface area contributed by atoms with Crippen LogP contribution in [-0.4, -0.2) is 27.7 Å². The summed E-state index contributed by atoms with van der Waals surface area (Å²) in [5, 5.41) is 9.82. The van der Waals surface area contributed by atoms with Crippen LogP contribution in [-0.2, 0) is 6.54 Å². The van der Waals surface area contributed by atoms with Gasteiger partial charge in [0.15, 0.2) is 5.75 Å². The van der Waals surface area contributed by atoms with Crippen molar-refractivity contribution in [2.24, 2.45) is 0 Å². The molecule has 0 saturated heterocycles. The lowest BCUT2D eigenvalue weighted by Gasteiger charge is -2.25. The molecule has 1 atom stereocenters. The SMILES string of the molecule is CCN(CC)Cc1cc(=O)c(O)cn1C(C)c1ccccc1. The fourth-order valence-corrected chi connectivity index (χ4v) is 2.63. The maximum Gasteiger partial charge on any atom is 0.223 e. The summed E-state index contributed by atoms with van der Waals surface area (Å²) in [6.45, 7) is 8.82. The van der Waals surface area contributed by atoms with Crippen molar-refractivity contribution >= 4 is 0 Å². The highest BCUT2D eigenvalue weighted by molar-refractivity contribution is 5.25. The molecule has 4 nitrogen and oxygen atoms in total. The van der Waals surface area contributed by atoms with E-state index in [1.807, 2.05) is 22.8 Å². The van der Waals surface area contributed by atoms with E-state index in [4.69, 9.17) is 0 Å². The molecule has 1 aromatic heterocycles. The summed E-state index contributed by atoms with van der Waals surface area (Å²) in [6, 6.07) is 11.7. The third kappa shape index (κ3) is 3.57. The zero-order valence-electron chi connectivity index (χ0n) is 13.5. The van der Waals surface area contributed by atoms with Gasteiger partial charge in [0.2, 0.25) is 5.43 Å². The molecule has 0 amide bonds. The Labute approximate surface area is 131 Å². The molecule has 1 aromatic carbocycles. The number of pyridine rings is 1. The van der Waals surface area contributed by atoms with E-state index in [0.29, 0.717) is 6.54 Å². The number of nitrogens with zero attached hydrogens (tertiary/aromatic N) is 2. The van der Waals surface area contributed by atoms with Gasteiger partial charge in [-0.2, -0.15) is 0 Å². The first-order valence-electron chi connectivity index (χ1n) is 7.78. The van der Waals surface area contributed by atoms with Crippen LogP contribution in [0.2, 0.25) is 0 Å². The lowest BCUT2D eigenvalue weighted by molar-refractivity contribution is 0.284. The molecule has 0 aliphatic heterocycles. The average molecular weight is 300 g/mol. The molecule has 0 aliphatic rings. The molecule has 118 valence electrons. The van der Waals surface area contributed by atoms with Crippen LogP contribution in [0.4, 0.5) is 0 Å². The highest BCUT2D eigenvalue weighted by atomic mass is 16.3. The van der Waals surface area contributed by atoms with Gasteiger partial charge in [-0.25, -0.2) is 0 Å². The Morgan fingerprint density at radius 1 is 1.18 bits per heavy atom. The Hall–Kier alpha value is -2.07. The molecular weight excluding hydrogens is 276 g/mol. The summed E-state index contributed by atoms with van der Waals surface area (Å²) >= 11 is 0. The van der Waals surface area contributed by atoms with E-state index in [0.717, 1.165) is 24.3 Å². The Bertz CT molecular complexity index is 661. The summed E-state index contributed by atoms with van der Waals surface area (Å²) in [7, 11) is 0. The zero-order valence-corrected chi connectivity index (χ0v) is 13.5. The predicted octanol–water partition coefficient (Wildman–Crippen LogP) is 3.01. The maximum absolute atomic E-state index is 11.8. The number of hydrogen-bond acceptors (Lipinski definition) is 3. The fourth-order valence-electron chi connectivity index (χ4n) is 2.63. The molecule has 2 aromatic rings. The van der Waals surface area contributed by atoms with Crippen molar-refractivity contribution in [1.29, 1.82) is 0 Å². The third-order valence-electron chi connectivity index (χ3n) is 4.12. The molecule has 1 unspecified atom stereocenters. The summed E-state index contributed by atoms with van der Waals surface area (Å²) in [4.78, 5) is 14.1. The Kier molecular flexibility index (Phi) is 5.39. The first-order valence-corrected chi connectivity index (χ1v) is 7.78. The van der Waals surface area contributed by atoms with E-state index < -0.39 is 0 Å². The van der Waals surface area contributed by atoms with Crippen molar-refractivity contribution < 1.29 is 5.11 Å². The lowest BCUT2D eigenvalue weighted by atomic mass is 10.1. The van der Waals surface area contributed by atoms with Gasteiger partial charge in [-0.05, 0) is 25.6 Å². The molecular formula is C18H24N2O2. The monoisotopic (exact) mass is 300 g/mol. The molecule has 0 fully saturated rings. The predicted molar refractivity (Wildman–Crippen MR) is 89.2 cm³/mol. The van der Waals surface area contributed by atoms with Gasteiger partial charge in [0.25, 0.3) is 0 Å². The van der Waals surface area contributed by atoms with Crippen LogP contribution in [0.3, 0.4) is 0 Å². The molecule has 0 spiro atoms. The van der Waals surface area contributed by atoms with Crippen LogP contribution in [0.1, 0.15) is 38.1 Å². The molecule has 4 heteroatoms. The van der Waals surface area contributed by atoms with Gasteiger partial charge in [-0.15, -0.1) is 0 Å². The van der Waals surface area contributed by atoms with Crippen molar-refractivity contribution in [2.45, 2.75) is 33.4 Å². The second-order valence-corrected chi connectivity index (χ2v) is 5.47. The topological polar surface area (TPSA) is 45.5 Å². The van der Waals surface area contributed by atoms with E-state index in [1.54, 1.807) is 12.3 Å². The first-order chi connectivity index (χ1) is 10.6. The summed E-state index contributed by atoms with van der Waals surface area (Å²) < 4.78 is 1.99. The molecule has 22 heavy (non-hydrogen) atoms. The van der Waals surface area contributed by atoms with E-state index in [2.05, 4.69) is 37.8 Å². The van der Waals surface area contributed by atoms with Gasteiger partial charge in [0, 0.05) is 18.3 Å². The van der Waals surface area contributed by atoms with E-state index in [-0.39, 0.29) is 17.2 Å². The summed E-state index contributed by atoms with van der Waals surface area (Å²) in [6.07, 6.45) is 1.55. The summed E-state index contributed by atoms with van der Waals surface area (Å²) in [5.41, 5.74) is 1.74. The Morgan fingerprint density at radius 3 is 2.41 bits per heavy atom. The zero-order chi connectivity index (χ0) is 16.1. The van der Waals surface area contributed by atoms with E-state index in [1.165, 1.54) is 0 Å². The minimum atomic E-state index is -0.321. The fraction of sp³-hybridized carbons (Fsp3) is 0.389. The molecule has 0 bridgehead atoms. The van der Waals surface area contributed by atoms with Gasteiger partial charge in [0.05, 0.1) is 12.2 Å². The van der Waals surface area contributed by atoms with Crippen LogP contribution in [0.25, 0.3) is 0 Å². The lowest BCUT2D eigenvalue weighted by Crippen LogP contribution is -2.26. The maximum atomic E-state index is 11.8. The van der Waals surface area contributed by atoms with Crippen LogP contribution < -0.4 is 5.43 Å². The molecule has 2 rings (SSSR count). The highest BCUT2D eigenvalue weighted by Crippen LogP contribution is 2.21. The minimum absolute atomic E-state index is 0.0539. The number of rotatable bonds is 6. The van der Waals surface area contributed by atoms with Crippen molar-refractivity contribution in [3.05, 3.63) is 64.1 Å². The number of benzene rings is 1. The van der Waals surface area contributed by atoms with Gasteiger partial charge >= 0.3 is 0 Å².